The van der Waals surface area contributed by atoms with Crippen LogP contribution in [-0.4, -0.2) is 67.2 Å². The van der Waals surface area contributed by atoms with Crippen LogP contribution < -0.4 is 14.8 Å². The zero-order chi connectivity index (χ0) is 19.3. The first-order chi connectivity index (χ1) is 13.7. The summed E-state index contributed by atoms with van der Waals surface area (Å²) in [6.45, 7) is 5.01. The molecule has 1 atom stereocenters. The van der Waals surface area contributed by atoms with E-state index in [0.717, 1.165) is 37.4 Å². The molecule has 8 heteroatoms. The van der Waals surface area contributed by atoms with Crippen LogP contribution >= 0.6 is 0 Å². The molecule has 2 aliphatic rings. The Morgan fingerprint density at radius 3 is 2.71 bits per heavy atom. The first-order valence-electron chi connectivity index (χ1n) is 9.69. The van der Waals surface area contributed by atoms with Crippen LogP contribution in [0.25, 0.3) is 0 Å². The zero-order valence-electron chi connectivity index (χ0n) is 16.1. The van der Waals surface area contributed by atoms with Gasteiger partial charge in [-0.25, -0.2) is 4.68 Å². The highest BCUT2D eigenvalue weighted by Gasteiger charge is 2.24. The van der Waals surface area contributed by atoms with E-state index in [1.807, 2.05) is 24.3 Å². The van der Waals surface area contributed by atoms with E-state index in [1.165, 1.54) is 0 Å². The predicted molar refractivity (Wildman–Crippen MR) is 103 cm³/mol. The van der Waals surface area contributed by atoms with E-state index >= 15 is 0 Å². The van der Waals surface area contributed by atoms with Gasteiger partial charge in [0, 0.05) is 38.7 Å². The maximum absolute atomic E-state index is 12.7. The molecule has 28 heavy (non-hydrogen) atoms. The third-order valence-electron chi connectivity index (χ3n) is 5.18. The second kappa shape index (κ2) is 8.62. The molecule has 2 aliphatic heterocycles. The number of nitrogens with zero attached hydrogens (tertiary/aromatic N) is 3. The number of methoxy groups -OCH3 is 1. The fraction of sp³-hybridized carbons (Fsp3) is 0.500. The van der Waals surface area contributed by atoms with Crippen LogP contribution in [0.15, 0.2) is 30.3 Å². The van der Waals surface area contributed by atoms with E-state index in [0.29, 0.717) is 37.9 Å². The number of ether oxygens (including phenoxy) is 3. The molecule has 150 valence electrons. The van der Waals surface area contributed by atoms with Gasteiger partial charge in [0.2, 0.25) is 5.88 Å². The first kappa shape index (κ1) is 18.8. The van der Waals surface area contributed by atoms with Gasteiger partial charge in [0.25, 0.3) is 5.91 Å². The summed E-state index contributed by atoms with van der Waals surface area (Å²) in [4.78, 5) is 15.0. The number of rotatable bonds is 6. The van der Waals surface area contributed by atoms with Crippen LogP contribution in [0.4, 0.5) is 0 Å². The average Bonchev–Trinajstić information content (AvgIpc) is 3.19. The van der Waals surface area contributed by atoms with Crippen LogP contribution in [-0.2, 0) is 11.3 Å². The van der Waals surface area contributed by atoms with Crippen LogP contribution in [0.5, 0.6) is 11.6 Å². The lowest BCUT2D eigenvalue weighted by molar-refractivity contribution is 0.0162. The molecule has 1 aromatic carbocycles. The van der Waals surface area contributed by atoms with Crippen molar-refractivity contribution in [1.29, 1.82) is 0 Å². The molecule has 3 heterocycles. The van der Waals surface area contributed by atoms with Gasteiger partial charge in [-0.05, 0) is 17.7 Å². The van der Waals surface area contributed by atoms with Crippen molar-refractivity contribution in [3.63, 3.8) is 0 Å². The van der Waals surface area contributed by atoms with Crippen LogP contribution in [0, 0.1) is 0 Å². The van der Waals surface area contributed by atoms with Crippen molar-refractivity contribution < 1.29 is 19.0 Å². The van der Waals surface area contributed by atoms with E-state index in [9.17, 15) is 4.79 Å². The summed E-state index contributed by atoms with van der Waals surface area (Å²) in [7, 11) is 1.66. The number of aryl methyl sites for hydroxylation is 1. The van der Waals surface area contributed by atoms with Crippen molar-refractivity contribution in [2.75, 3.05) is 46.6 Å². The Hall–Kier alpha value is -2.58. The standard InChI is InChI=1S/C20H26N4O4/c1-26-16-5-3-15(4-6-16)18(23-8-11-27-12-9-23)14-21-20(25)17-13-19-24(22-17)7-2-10-28-19/h3-6,13,18H,2,7-12,14H2,1H3,(H,21,25)/t18-/m0/s1. The first-order valence-corrected chi connectivity index (χ1v) is 9.69. The van der Waals surface area contributed by atoms with E-state index in [1.54, 1.807) is 17.9 Å². The molecule has 0 bridgehead atoms. The molecule has 0 aliphatic carbocycles. The third kappa shape index (κ3) is 4.13. The van der Waals surface area contributed by atoms with E-state index in [-0.39, 0.29) is 11.9 Å². The Balaban J connectivity index is 1.46. The van der Waals surface area contributed by atoms with Gasteiger partial charge in [-0.15, -0.1) is 0 Å². The molecule has 0 spiro atoms. The van der Waals surface area contributed by atoms with E-state index in [4.69, 9.17) is 14.2 Å². The minimum absolute atomic E-state index is 0.0623. The molecular formula is C20H26N4O4. The lowest BCUT2D eigenvalue weighted by Gasteiger charge is -2.35. The average molecular weight is 386 g/mol. The number of morpholine rings is 1. The van der Waals surface area contributed by atoms with Gasteiger partial charge in [0.15, 0.2) is 5.69 Å². The van der Waals surface area contributed by atoms with Crippen LogP contribution in [0.1, 0.15) is 28.5 Å². The molecule has 1 N–H and O–H groups in total. The number of amides is 1. The molecule has 1 aromatic heterocycles. The minimum Gasteiger partial charge on any atom is -0.497 e. The van der Waals surface area contributed by atoms with Gasteiger partial charge in [-0.3, -0.25) is 9.69 Å². The zero-order valence-corrected chi connectivity index (χ0v) is 16.1. The number of carbonyl (C=O) groups is 1. The minimum atomic E-state index is -0.183. The largest absolute Gasteiger partial charge is 0.497 e. The number of hydrogen-bond donors (Lipinski definition) is 1. The van der Waals surface area contributed by atoms with Gasteiger partial charge in [0.05, 0.1) is 33.0 Å². The molecule has 8 nitrogen and oxygen atoms in total. The second-order valence-electron chi connectivity index (χ2n) is 6.94. The third-order valence-corrected chi connectivity index (χ3v) is 5.18. The molecule has 0 saturated carbocycles. The highest BCUT2D eigenvalue weighted by Crippen LogP contribution is 2.24. The lowest BCUT2D eigenvalue weighted by atomic mass is 10.0. The van der Waals surface area contributed by atoms with Crippen molar-refractivity contribution in [1.82, 2.24) is 20.0 Å². The maximum atomic E-state index is 12.7. The number of nitrogens with one attached hydrogen (secondary N) is 1. The predicted octanol–water partition coefficient (Wildman–Crippen LogP) is 1.48. The normalized spacial score (nSPS) is 18.0. The number of hydrogen-bond acceptors (Lipinski definition) is 6. The van der Waals surface area contributed by atoms with Crippen molar-refractivity contribution in [2.45, 2.75) is 19.0 Å². The molecule has 1 fully saturated rings. The highest BCUT2D eigenvalue weighted by atomic mass is 16.5. The quantitative estimate of drug-likeness (QED) is 0.810. The van der Waals surface area contributed by atoms with E-state index in [2.05, 4.69) is 15.3 Å². The number of aromatic nitrogens is 2. The van der Waals surface area contributed by atoms with Gasteiger partial charge in [-0.2, -0.15) is 5.10 Å². The monoisotopic (exact) mass is 386 g/mol. The maximum Gasteiger partial charge on any atom is 0.271 e. The second-order valence-corrected chi connectivity index (χ2v) is 6.94. The number of benzene rings is 1. The van der Waals surface area contributed by atoms with E-state index < -0.39 is 0 Å². The van der Waals surface area contributed by atoms with Crippen molar-refractivity contribution in [2.24, 2.45) is 0 Å². The summed E-state index contributed by atoms with van der Waals surface area (Å²) in [5.74, 6) is 1.30. The van der Waals surface area contributed by atoms with Crippen molar-refractivity contribution >= 4 is 5.91 Å². The molecule has 0 radical (unpaired) electrons. The topological polar surface area (TPSA) is 77.8 Å². The van der Waals surface area contributed by atoms with Gasteiger partial charge in [0.1, 0.15) is 5.75 Å². The smallest absolute Gasteiger partial charge is 0.271 e. The summed E-state index contributed by atoms with van der Waals surface area (Å²) < 4.78 is 18.1. The summed E-state index contributed by atoms with van der Waals surface area (Å²) in [5.41, 5.74) is 1.53. The highest BCUT2D eigenvalue weighted by molar-refractivity contribution is 5.92. The van der Waals surface area contributed by atoms with Gasteiger partial charge < -0.3 is 19.5 Å². The Kier molecular flexibility index (Phi) is 5.78. The number of fused-ring (bicyclic) bond motifs is 1. The molecule has 1 amide bonds. The summed E-state index contributed by atoms with van der Waals surface area (Å²) >= 11 is 0. The summed E-state index contributed by atoms with van der Waals surface area (Å²) in [6, 6.07) is 9.78. The molecular weight excluding hydrogens is 360 g/mol. The molecule has 2 aromatic rings. The molecule has 1 saturated heterocycles. The fourth-order valence-corrected chi connectivity index (χ4v) is 3.63. The van der Waals surface area contributed by atoms with Crippen LogP contribution in [0.2, 0.25) is 0 Å². The summed E-state index contributed by atoms with van der Waals surface area (Å²) in [6.07, 6.45) is 0.909. The lowest BCUT2D eigenvalue weighted by Crippen LogP contribution is -2.43. The Labute approximate surface area is 164 Å². The number of carbonyl (C=O) groups excluding carboxylic acids is 1. The Bertz CT molecular complexity index is 776. The Morgan fingerprint density at radius 1 is 1.21 bits per heavy atom. The molecule has 0 unspecified atom stereocenters. The Morgan fingerprint density at radius 2 is 2.00 bits per heavy atom. The SMILES string of the molecule is COc1ccc([C@H](CNC(=O)c2cc3n(n2)CCCO3)N2CCOCC2)cc1. The summed E-state index contributed by atoms with van der Waals surface area (Å²) in [5, 5.41) is 7.41. The van der Waals surface area contributed by atoms with Crippen molar-refractivity contribution in [3.05, 3.63) is 41.6 Å². The molecule has 4 rings (SSSR count). The fourth-order valence-electron chi connectivity index (χ4n) is 3.63. The van der Waals surface area contributed by atoms with Crippen molar-refractivity contribution in [3.8, 4) is 11.6 Å². The van der Waals surface area contributed by atoms with Gasteiger partial charge in [-0.1, -0.05) is 12.1 Å². The van der Waals surface area contributed by atoms with Crippen LogP contribution in [0.3, 0.4) is 0 Å². The van der Waals surface area contributed by atoms with Gasteiger partial charge >= 0.3 is 0 Å².